The SMILES string of the molecule is COc1ccc(C[n+]2cc3cccc(F)c3c3nn(-c4ccc(Cl)cc4)c(O)c32)cc1.[OH-]. The Morgan fingerprint density at radius 1 is 1.06 bits per heavy atom. The predicted molar refractivity (Wildman–Crippen MR) is 119 cm³/mol. The van der Waals surface area contributed by atoms with Crippen LogP contribution in [0.1, 0.15) is 5.56 Å². The Morgan fingerprint density at radius 2 is 1.78 bits per heavy atom. The standard InChI is InChI=1S/C24H17ClFN3O2.H2O/c1-31-19-11-5-15(6-12-19)13-28-14-16-3-2-4-20(26)21(16)22-23(28)24(30)29(27-22)18-9-7-17(25)8-10-18;/h2-12,14H,13H2,1H3;1H2. The summed E-state index contributed by atoms with van der Waals surface area (Å²) >= 11 is 6.00. The van der Waals surface area contributed by atoms with Crippen molar-refractivity contribution in [3.8, 4) is 17.3 Å². The largest absolute Gasteiger partial charge is 0.870 e. The molecule has 5 aromatic rings. The number of pyridine rings is 1. The molecule has 0 unspecified atom stereocenters. The van der Waals surface area contributed by atoms with Gasteiger partial charge in [0.15, 0.2) is 18.3 Å². The molecule has 0 saturated carbocycles. The molecule has 5 rings (SSSR count). The van der Waals surface area contributed by atoms with Crippen molar-refractivity contribution < 1.29 is 24.3 Å². The van der Waals surface area contributed by atoms with Gasteiger partial charge in [-0.1, -0.05) is 17.7 Å². The van der Waals surface area contributed by atoms with Gasteiger partial charge in [-0.25, -0.2) is 4.39 Å². The minimum absolute atomic E-state index is 0. The van der Waals surface area contributed by atoms with Crippen LogP contribution >= 0.6 is 11.6 Å². The molecule has 0 radical (unpaired) electrons. The highest BCUT2D eigenvalue weighted by atomic mass is 35.5. The lowest BCUT2D eigenvalue weighted by Gasteiger charge is -2.04. The molecule has 0 aliphatic heterocycles. The van der Waals surface area contributed by atoms with Crippen LogP contribution in [0.25, 0.3) is 27.5 Å². The Labute approximate surface area is 188 Å². The van der Waals surface area contributed by atoms with Crippen molar-refractivity contribution in [3.63, 3.8) is 0 Å². The van der Waals surface area contributed by atoms with Crippen LogP contribution in [-0.4, -0.2) is 27.5 Å². The summed E-state index contributed by atoms with van der Waals surface area (Å²) in [5, 5.41) is 17.3. The molecule has 0 atom stereocenters. The molecule has 6 nitrogen and oxygen atoms in total. The first-order chi connectivity index (χ1) is 15.0. The first-order valence-corrected chi connectivity index (χ1v) is 10.0. The van der Waals surface area contributed by atoms with Crippen LogP contribution in [0.5, 0.6) is 11.6 Å². The van der Waals surface area contributed by atoms with Crippen molar-refractivity contribution in [2.45, 2.75) is 6.54 Å². The molecule has 3 aromatic carbocycles. The molecule has 0 saturated heterocycles. The van der Waals surface area contributed by atoms with Crippen LogP contribution in [0.2, 0.25) is 5.02 Å². The molecule has 2 N–H and O–H groups in total. The van der Waals surface area contributed by atoms with Crippen molar-refractivity contribution in [2.24, 2.45) is 0 Å². The average molecular weight is 452 g/mol. The highest BCUT2D eigenvalue weighted by Crippen LogP contribution is 2.32. The number of halogens is 2. The normalized spacial score (nSPS) is 11.0. The molecule has 2 aromatic heterocycles. The van der Waals surface area contributed by atoms with E-state index < -0.39 is 0 Å². The third-order valence-corrected chi connectivity index (χ3v) is 5.54. The first kappa shape index (κ1) is 21.5. The maximum Gasteiger partial charge on any atom is 0.296 e. The number of aromatic hydroxyl groups is 1. The molecule has 162 valence electrons. The minimum Gasteiger partial charge on any atom is -0.870 e. The molecular formula is C24H19ClFN3O3. The van der Waals surface area contributed by atoms with E-state index in [1.165, 1.54) is 10.7 Å². The van der Waals surface area contributed by atoms with Crippen molar-refractivity contribution >= 4 is 33.4 Å². The van der Waals surface area contributed by atoms with Crippen molar-refractivity contribution in [3.05, 3.63) is 89.3 Å². The van der Waals surface area contributed by atoms with Crippen LogP contribution in [0, 0.1) is 5.82 Å². The summed E-state index contributed by atoms with van der Waals surface area (Å²) in [6.45, 7) is 0.465. The quantitative estimate of drug-likeness (QED) is 0.396. The maximum atomic E-state index is 14.8. The molecule has 0 spiro atoms. The van der Waals surface area contributed by atoms with Gasteiger partial charge < -0.3 is 15.3 Å². The number of rotatable bonds is 4. The fourth-order valence-corrected chi connectivity index (χ4v) is 3.91. The molecule has 0 aliphatic rings. The Morgan fingerprint density at radius 3 is 2.47 bits per heavy atom. The van der Waals surface area contributed by atoms with Gasteiger partial charge >= 0.3 is 0 Å². The molecule has 0 amide bonds. The van der Waals surface area contributed by atoms with Gasteiger partial charge in [0.1, 0.15) is 11.6 Å². The van der Waals surface area contributed by atoms with Gasteiger partial charge in [0.25, 0.3) is 11.4 Å². The van der Waals surface area contributed by atoms with Gasteiger partial charge in [0, 0.05) is 10.6 Å². The summed E-state index contributed by atoms with van der Waals surface area (Å²) in [5.74, 6) is 0.300. The average Bonchev–Trinajstić information content (AvgIpc) is 3.12. The number of benzene rings is 3. The van der Waals surface area contributed by atoms with Crippen molar-refractivity contribution in [1.82, 2.24) is 9.78 Å². The predicted octanol–water partition coefficient (Wildman–Crippen LogP) is 4.84. The topological polar surface area (TPSA) is 81.2 Å². The van der Waals surface area contributed by atoms with Gasteiger partial charge in [-0.2, -0.15) is 14.3 Å². The monoisotopic (exact) mass is 451 g/mol. The number of hydrogen-bond acceptors (Lipinski definition) is 4. The summed E-state index contributed by atoms with van der Waals surface area (Å²) in [4.78, 5) is 0. The molecule has 0 fully saturated rings. The van der Waals surface area contributed by atoms with Gasteiger partial charge in [-0.05, 0) is 60.7 Å². The van der Waals surface area contributed by atoms with E-state index in [9.17, 15) is 9.50 Å². The van der Waals surface area contributed by atoms with Gasteiger partial charge in [0.2, 0.25) is 0 Å². The fraction of sp³-hybridized carbons (Fsp3) is 0.0833. The third kappa shape index (κ3) is 3.62. The molecule has 32 heavy (non-hydrogen) atoms. The summed E-state index contributed by atoms with van der Waals surface area (Å²) < 4.78 is 23.3. The van der Waals surface area contributed by atoms with E-state index in [2.05, 4.69) is 5.10 Å². The second kappa shape index (κ2) is 8.45. The zero-order valence-corrected chi connectivity index (χ0v) is 17.8. The minimum atomic E-state index is -0.389. The molecule has 8 heteroatoms. The highest BCUT2D eigenvalue weighted by Gasteiger charge is 2.26. The number of fused-ring (bicyclic) bond motifs is 3. The van der Waals surface area contributed by atoms with E-state index in [1.807, 2.05) is 41.1 Å². The zero-order chi connectivity index (χ0) is 21.5. The second-order valence-electron chi connectivity index (χ2n) is 7.22. The molecule has 2 heterocycles. The molecule has 0 aliphatic carbocycles. The number of nitrogens with zero attached hydrogens (tertiary/aromatic N) is 3. The van der Waals surface area contributed by atoms with E-state index in [4.69, 9.17) is 16.3 Å². The Hall–Kier alpha value is -3.68. The second-order valence-corrected chi connectivity index (χ2v) is 7.65. The van der Waals surface area contributed by atoms with Gasteiger partial charge in [-0.15, -0.1) is 0 Å². The summed E-state index contributed by atoms with van der Waals surface area (Å²) in [6, 6.07) is 19.5. The van der Waals surface area contributed by atoms with E-state index in [0.29, 0.717) is 39.1 Å². The molecular weight excluding hydrogens is 433 g/mol. The Kier molecular flexibility index (Phi) is 5.69. The summed E-state index contributed by atoms with van der Waals surface area (Å²) in [5.41, 5.74) is 2.46. The lowest BCUT2D eigenvalue weighted by Crippen LogP contribution is -2.34. The van der Waals surface area contributed by atoms with Crippen LogP contribution < -0.4 is 9.30 Å². The van der Waals surface area contributed by atoms with E-state index in [-0.39, 0.29) is 17.2 Å². The first-order valence-electron chi connectivity index (χ1n) is 9.66. The van der Waals surface area contributed by atoms with Crippen LogP contribution in [0.4, 0.5) is 4.39 Å². The van der Waals surface area contributed by atoms with Crippen LogP contribution in [0.3, 0.4) is 0 Å². The van der Waals surface area contributed by atoms with Crippen LogP contribution in [0.15, 0.2) is 72.9 Å². The lowest BCUT2D eigenvalue weighted by molar-refractivity contribution is -0.661. The third-order valence-electron chi connectivity index (χ3n) is 5.28. The van der Waals surface area contributed by atoms with Gasteiger partial charge in [0.05, 0.1) is 23.6 Å². The van der Waals surface area contributed by atoms with E-state index in [0.717, 1.165) is 11.3 Å². The van der Waals surface area contributed by atoms with Crippen molar-refractivity contribution in [1.29, 1.82) is 0 Å². The highest BCUT2D eigenvalue weighted by molar-refractivity contribution is 6.30. The maximum absolute atomic E-state index is 14.8. The molecule has 0 bridgehead atoms. The number of methoxy groups -OCH3 is 1. The smallest absolute Gasteiger partial charge is 0.296 e. The Bertz CT molecular complexity index is 1420. The summed E-state index contributed by atoms with van der Waals surface area (Å²) in [7, 11) is 1.62. The van der Waals surface area contributed by atoms with Gasteiger partial charge in [-0.3, -0.25) is 0 Å². The zero-order valence-electron chi connectivity index (χ0n) is 17.0. The number of ether oxygens (including phenoxy) is 1. The fourth-order valence-electron chi connectivity index (χ4n) is 3.78. The van der Waals surface area contributed by atoms with Crippen molar-refractivity contribution in [2.75, 3.05) is 7.11 Å². The number of hydrogen-bond donors (Lipinski definition) is 1. The van der Waals surface area contributed by atoms with E-state index >= 15 is 0 Å². The number of aromatic nitrogens is 3. The Balaban J connectivity index is 0.00000245. The lowest BCUT2D eigenvalue weighted by atomic mass is 10.1. The summed E-state index contributed by atoms with van der Waals surface area (Å²) in [6.07, 6.45) is 1.83. The van der Waals surface area contributed by atoms with Crippen LogP contribution in [-0.2, 0) is 6.54 Å². The van der Waals surface area contributed by atoms with E-state index in [1.54, 1.807) is 37.4 Å².